The molecule has 4 rings (SSSR count). The smallest absolute Gasteiger partial charge is 0.335 e. The van der Waals surface area contributed by atoms with Crippen LogP contribution in [0.15, 0.2) is 54.5 Å². The van der Waals surface area contributed by atoms with Crippen molar-refractivity contribution in [1.82, 2.24) is 14.8 Å². The summed E-state index contributed by atoms with van der Waals surface area (Å²) in [6.07, 6.45) is 18.2. The maximum Gasteiger partial charge on any atom is 0.335 e. The normalized spacial score (nSPS) is 16.3. The molecule has 0 aliphatic heterocycles. The van der Waals surface area contributed by atoms with Crippen molar-refractivity contribution in [3.05, 3.63) is 76.8 Å². The molecule has 0 radical (unpaired) electrons. The number of benzene rings is 1. The van der Waals surface area contributed by atoms with E-state index < -0.39 is 0 Å². The van der Waals surface area contributed by atoms with Crippen LogP contribution in [0.3, 0.4) is 0 Å². The number of carbonyl (C=O) groups excluding carboxylic acids is 1. The molecule has 0 bridgehead atoms. The van der Waals surface area contributed by atoms with Gasteiger partial charge in [-0.05, 0) is 92.7 Å². The van der Waals surface area contributed by atoms with Crippen LogP contribution in [0, 0.1) is 0 Å². The molecular weight excluding hydrogens is 438 g/mol. The Labute approximate surface area is 208 Å². The fraction of sp³-hybridized carbons (Fsp3) is 0.429. The standard InChI is InChI=1S/C28H37N5O2/c1-4-5-10-23(33-17-22-9-6-7-12-26(22)31-33)16-20(2)18-35-19-25-24(21-14-15-21)11-8-13-27(25)30-28(34)32(3)29/h5,8,10-11,13,16-18,21H,4,6-7,9,12,14-15,19,29H2,1-3H3,(H,30,34)/b10-5-,20-18+,23-16+. The van der Waals surface area contributed by atoms with Crippen molar-refractivity contribution in [1.29, 1.82) is 0 Å². The molecule has 186 valence electrons. The SMILES string of the molecule is CC\C=C/C(=C\C(C)=C\OCc1c(NC(=O)N(C)N)cccc1C1CC1)n1cc2c(n1)CCCC2. The monoisotopic (exact) mass is 475 g/mol. The molecule has 1 heterocycles. The Morgan fingerprint density at radius 1 is 1.31 bits per heavy atom. The van der Waals surface area contributed by atoms with Gasteiger partial charge >= 0.3 is 6.03 Å². The van der Waals surface area contributed by atoms with E-state index in [0.29, 0.717) is 12.5 Å². The number of hydrogen-bond acceptors (Lipinski definition) is 4. The Bertz CT molecular complexity index is 1110. The topological polar surface area (TPSA) is 85.4 Å². The summed E-state index contributed by atoms with van der Waals surface area (Å²) >= 11 is 0. The first kappa shape index (κ1) is 24.8. The van der Waals surface area contributed by atoms with Gasteiger partial charge in [-0.2, -0.15) is 5.10 Å². The summed E-state index contributed by atoms with van der Waals surface area (Å²) in [4.78, 5) is 12.2. The number of allylic oxidation sites excluding steroid dienone is 5. The second-order valence-corrected chi connectivity index (χ2v) is 9.49. The van der Waals surface area contributed by atoms with Crippen molar-refractivity contribution >= 4 is 17.4 Å². The van der Waals surface area contributed by atoms with Crippen LogP contribution in [0.1, 0.15) is 74.3 Å². The summed E-state index contributed by atoms with van der Waals surface area (Å²) in [5.41, 5.74) is 7.58. The largest absolute Gasteiger partial charge is 0.496 e. The van der Waals surface area contributed by atoms with Gasteiger partial charge in [-0.3, -0.25) is 5.01 Å². The third kappa shape index (κ3) is 6.42. The fourth-order valence-electron chi connectivity index (χ4n) is 4.42. The number of fused-ring (bicyclic) bond motifs is 1. The van der Waals surface area contributed by atoms with E-state index in [1.54, 1.807) is 6.26 Å². The van der Waals surface area contributed by atoms with E-state index in [0.717, 1.165) is 46.8 Å². The highest BCUT2D eigenvalue weighted by Crippen LogP contribution is 2.43. The summed E-state index contributed by atoms with van der Waals surface area (Å²) < 4.78 is 8.05. The molecule has 2 aliphatic rings. The molecule has 0 atom stereocenters. The number of ether oxygens (including phenoxy) is 1. The molecule has 0 unspecified atom stereocenters. The molecule has 1 fully saturated rings. The summed E-state index contributed by atoms with van der Waals surface area (Å²) in [7, 11) is 1.52. The molecule has 35 heavy (non-hydrogen) atoms. The molecule has 7 heteroatoms. The number of rotatable bonds is 9. The van der Waals surface area contributed by atoms with Gasteiger partial charge in [0.15, 0.2) is 0 Å². The number of amides is 2. The minimum absolute atomic E-state index is 0.358. The molecule has 1 saturated carbocycles. The summed E-state index contributed by atoms with van der Waals surface area (Å²) in [6.45, 7) is 4.53. The van der Waals surface area contributed by atoms with E-state index in [2.05, 4.69) is 42.7 Å². The maximum atomic E-state index is 12.2. The highest BCUT2D eigenvalue weighted by atomic mass is 16.5. The van der Waals surface area contributed by atoms with Gasteiger partial charge in [0.1, 0.15) is 6.61 Å². The van der Waals surface area contributed by atoms with E-state index in [1.807, 2.05) is 23.7 Å². The number of carbonyl (C=O) groups is 1. The molecule has 0 saturated heterocycles. The third-order valence-corrected chi connectivity index (χ3v) is 6.44. The number of aryl methyl sites for hydroxylation is 2. The van der Waals surface area contributed by atoms with Crippen molar-refractivity contribution in [2.75, 3.05) is 12.4 Å². The Morgan fingerprint density at radius 2 is 2.11 bits per heavy atom. The Morgan fingerprint density at radius 3 is 2.83 bits per heavy atom. The fourth-order valence-corrected chi connectivity index (χ4v) is 4.42. The number of hydrogen-bond donors (Lipinski definition) is 2. The predicted molar refractivity (Wildman–Crippen MR) is 141 cm³/mol. The quantitative estimate of drug-likeness (QED) is 0.155. The zero-order chi connectivity index (χ0) is 24.8. The average Bonchev–Trinajstić information content (AvgIpc) is 3.60. The second-order valence-electron chi connectivity index (χ2n) is 9.49. The van der Waals surface area contributed by atoms with E-state index in [-0.39, 0.29) is 6.03 Å². The van der Waals surface area contributed by atoms with Crippen LogP contribution >= 0.6 is 0 Å². The van der Waals surface area contributed by atoms with Crippen molar-refractivity contribution in [3.63, 3.8) is 0 Å². The number of anilines is 1. The van der Waals surface area contributed by atoms with Crippen molar-refractivity contribution in [2.45, 2.75) is 71.3 Å². The number of nitrogens with one attached hydrogen (secondary N) is 1. The van der Waals surface area contributed by atoms with Crippen LogP contribution in [0.4, 0.5) is 10.5 Å². The van der Waals surface area contributed by atoms with Gasteiger partial charge in [0.25, 0.3) is 0 Å². The Balaban J connectivity index is 1.52. The zero-order valence-corrected chi connectivity index (χ0v) is 21.1. The van der Waals surface area contributed by atoms with Crippen LogP contribution in [-0.2, 0) is 24.2 Å². The number of nitrogens with two attached hydrogens (primary N) is 1. The van der Waals surface area contributed by atoms with Gasteiger partial charge in [-0.25, -0.2) is 15.3 Å². The molecule has 1 aromatic carbocycles. The van der Waals surface area contributed by atoms with Crippen LogP contribution in [0.5, 0.6) is 0 Å². The molecule has 7 nitrogen and oxygen atoms in total. The van der Waals surface area contributed by atoms with Crippen molar-refractivity contribution in [2.24, 2.45) is 5.84 Å². The number of urea groups is 1. The first-order valence-electron chi connectivity index (χ1n) is 12.6. The van der Waals surface area contributed by atoms with Gasteiger partial charge in [-0.15, -0.1) is 0 Å². The Kier molecular flexibility index (Phi) is 8.08. The van der Waals surface area contributed by atoms with Crippen molar-refractivity contribution < 1.29 is 9.53 Å². The summed E-state index contributed by atoms with van der Waals surface area (Å²) in [5.74, 6) is 6.14. The lowest BCUT2D eigenvalue weighted by atomic mass is 9.99. The van der Waals surface area contributed by atoms with Gasteiger partial charge in [-0.1, -0.05) is 25.1 Å². The molecule has 2 aromatic rings. The highest BCUT2D eigenvalue weighted by molar-refractivity contribution is 5.89. The van der Waals surface area contributed by atoms with E-state index in [1.165, 1.54) is 49.6 Å². The van der Waals surface area contributed by atoms with Gasteiger partial charge < -0.3 is 10.1 Å². The number of hydrazine groups is 1. The van der Waals surface area contributed by atoms with Crippen LogP contribution in [0.2, 0.25) is 0 Å². The molecule has 2 aliphatic carbocycles. The van der Waals surface area contributed by atoms with Crippen LogP contribution < -0.4 is 11.2 Å². The zero-order valence-electron chi connectivity index (χ0n) is 21.1. The lowest BCUT2D eigenvalue weighted by Crippen LogP contribution is -2.37. The lowest BCUT2D eigenvalue weighted by molar-refractivity contribution is 0.223. The first-order chi connectivity index (χ1) is 17.0. The van der Waals surface area contributed by atoms with Gasteiger partial charge in [0, 0.05) is 24.5 Å². The maximum absolute atomic E-state index is 12.2. The van der Waals surface area contributed by atoms with Gasteiger partial charge in [0.05, 0.1) is 17.7 Å². The number of aromatic nitrogens is 2. The van der Waals surface area contributed by atoms with Crippen LogP contribution in [-0.4, -0.2) is 27.9 Å². The summed E-state index contributed by atoms with van der Waals surface area (Å²) in [5, 5.41) is 8.79. The molecule has 0 spiro atoms. The average molecular weight is 476 g/mol. The van der Waals surface area contributed by atoms with E-state index in [9.17, 15) is 4.79 Å². The minimum Gasteiger partial charge on any atom is -0.496 e. The first-order valence-corrected chi connectivity index (χ1v) is 12.6. The van der Waals surface area contributed by atoms with Gasteiger partial charge in [0.2, 0.25) is 0 Å². The Hall–Kier alpha value is -3.32. The number of nitrogens with zero attached hydrogens (tertiary/aromatic N) is 3. The second kappa shape index (κ2) is 11.4. The highest BCUT2D eigenvalue weighted by Gasteiger charge is 2.27. The third-order valence-electron chi connectivity index (χ3n) is 6.44. The molecule has 2 amide bonds. The van der Waals surface area contributed by atoms with Crippen LogP contribution in [0.25, 0.3) is 5.70 Å². The van der Waals surface area contributed by atoms with Crippen molar-refractivity contribution in [3.8, 4) is 0 Å². The molecule has 1 aromatic heterocycles. The van der Waals surface area contributed by atoms with E-state index in [4.69, 9.17) is 15.7 Å². The molecule has 3 N–H and O–H groups in total. The predicted octanol–water partition coefficient (Wildman–Crippen LogP) is 5.90. The minimum atomic E-state index is -0.358. The molecular formula is C28H37N5O2. The summed E-state index contributed by atoms with van der Waals surface area (Å²) in [6, 6.07) is 5.64. The lowest BCUT2D eigenvalue weighted by Gasteiger charge is -2.17. The van der Waals surface area contributed by atoms with E-state index >= 15 is 0 Å².